The SMILES string of the molecule is CC(C)N1Cc2ccc(NC(=O)C=C3CC(C)(C)Oc4cc(C(F)(F)F)ccc43)cc2NC1=O. The third kappa shape index (κ3) is 4.88. The molecule has 2 aliphatic heterocycles. The van der Waals surface area contributed by atoms with Crippen molar-refractivity contribution in [2.45, 2.75) is 58.5 Å². The molecule has 0 aliphatic carbocycles. The molecule has 2 aromatic rings. The normalized spacial score (nSPS) is 18.2. The van der Waals surface area contributed by atoms with E-state index in [0.29, 0.717) is 35.5 Å². The average molecular weight is 473 g/mol. The Kier molecular flexibility index (Phi) is 5.83. The van der Waals surface area contributed by atoms with Crippen LogP contribution < -0.4 is 15.4 Å². The lowest BCUT2D eigenvalue weighted by Gasteiger charge is -2.34. The van der Waals surface area contributed by atoms with Gasteiger partial charge in [0.1, 0.15) is 11.4 Å². The summed E-state index contributed by atoms with van der Waals surface area (Å²) in [5.41, 5.74) is 1.51. The first kappa shape index (κ1) is 23.7. The summed E-state index contributed by atoms with van der Waals surface area (Å²) in [6.45, 7) is 7.87. The molecule has 2 aliphatic rings. The van der Waals surface area contributed by atoms with Crippen molar-refractivity contribution in [3.63, 3.8) is 0 Å². The summed E-state index contributed by atoms with van der Waals surface area (Å²) in [5.74, 6) is -0.333. The number of urea groups is 1. The molecule has 2 N–H and O–H groups in total. The molecule has 2 heterocycles. The van der Waals surface area contributed by atoms with Crippen LogP contribution in [0.3, 0.4) is 0 Å². The van der Waals surface area contributed by atoms with Crippen molar-refractivity contribution in [2.75, 3.05) is 10.6 Å². The molecule has 0 spiro atoms. The third-order valence-corrected chi connectivity index (χ3v) is 5.81. The molecular formula is C25H26F3N3O3. The average Bonchev–Trinajstić information content (AvgIpc) is 2.71. The lowest BCUT2D eigenvalue weighted by Crippen LogP contribution is -2.42. The monoisotopic (exact) mass is 473 g/mol. The van der Waals surface area contributed by atoms with E-state index in [2.05, 4.69) is 10.6 Å². The van der Waals surface area contributed by atoms with Gasteiger partial charge in [0.2, 0.25) is 5.91 Å². The molecule has 6 nitrogen and oxygen atoms in total. The van der Waals surface area contributed by atoms with E-state index in [9.17, 15) is 22.8 Å². The van der Waals surface area contributed by atoms with Crippen molar-refractivity contribution in [1.82, 2.24) is 4.90 Å². The second-order valence-electron chi connectivity index (χ2n) is 9.43. The molecule has 0 saturated heterocycles. The molecule has 2 aromatic carbocycles. The number of nitrogens with zero attached hydrogens (tertiary/aromatic N) is 1. The molecule has 9 heteroatoms. The Morgan fingerprint density at radius 3 is 2.62 bits per heavy atom. The number of hydrogen-bond donors (Lipinski definition) is 2. The Morgan fingerprint density at radius 2 is 1.94 bits per heavy atom. The van der Waals surface area contributed by atoms with Gasteiger partial charge >= 0.3 is 12.2 Å². The molecule has 3 amide bonds. The zero-order valence-electron chi connectivity index (χ0n) is 19.3. The molecule has 0 unspecified atom stereocenters. The maximum absolute atomic E-state index is 13.1. The maximum atomic E-state index is 13.1. The summed E-state index contributed by atoms with van der Waals surface area (Å²) in [4.78, 5) is 26.8. The van der Waals surface area contributed by atoms with Crippen molar-refractivity contribution in [1.29, 1.82) is 0 Å². The number of hydrogen-bond acceptors (Lipinski definition) is 3. The standard InChI is InChI=1S/C25H26F3N3O3/c1-14(2)31-13-15-5-7-18(11-20(15)30-23(31)33)29-22(32)9-16-12-24(3,4)34-21-10-17(25(26,27)28)6-8-19(16)21/h5-11,14H,12-13H2,1-4H3,(H,29,32)(H,30,33). The van der Waals surface area contributed by atoms with Crippen molar-refractivity contribution in [3.05, 3.63) is 59.2 Å². The van der Waals surface area contributed by atoms with Crippen molar-refractivity contribution < 1.29 is 27.5 Å². The van der Waals surface area contributed by atoms with Gasteiger partial charge < -0.3 is 20.3 Å². The number of fused-ring (bicyclic) bond motifs is 2. The van der Waals surface area contributed by atoms with Crippen LogP contribution in [-0.4, -0.2) is 28.5 Å². The van der Waals surface area contributed by atoms with E-state index in [-0.39, 0.29) is 17.8 Å². The van der Waals surface area contributed by atoms with Gasteiger partial charge in [-0.3, -0.25) is 4.79 Å². The van der Waals surface area contributed by atoms with E-state index in [4.69, 9.17) is 4.74 Å². The number of halogens is 3. The minimum absolute atomic E-state index is 0.0537. The largest absolute Gasteiger partial charge is 0.487 e. The number of nitrogens with one attached hydrogen (secondary N) is 2. The van der Waals surface area contributed by atoms with E-state index in [0.717, 1.165) is 17.7 Å². The van der Waals surface area contributed by atoms with Gasteiger partial charge in [-0.15, -0.1) is 0 Å². The highest BCUT2D eigenvalue weighted by atomic mass is 19.4. The fourth-order valence-corrected chi connectivity index (χ4v) is 4.17. The summed E-state index contributed by atoms with van der Waals surface area (Å²) < 4.78 is 45.2. The second kappa shape index (κ2) is 8.38. The predicted molar refractivity (Wildman–Crippen MR) is 124 cm³/mol. The number of carbonyl (C=O) groups is 2. The van der Waals surface area contributed by atoms with Gasteiger partial charge in [-0.05, 0) is 63.1 Å². The molecular weight excluding hydrogens is 447 g/mol. The van der Waals surface area contributed by atoms with Crippen LogP contribution in [0.1, 0.15) is 50.8 Å². The zero-order chi connectivity index (χ0) is 24.8. The molecule has 0 fully saturated rings. The summed E-state index contributed by atoms with van der Waals surface area (Å²) >= 11 is 0. The number of rotatable bonds is 3. The smallest absolute Gasteiger partial charge is 0.416 e. The van der Waals surface area contributed by atoms with E-state index in [1.807, 2.05) is 19.9 Å². The summed E-state index contributed by atoms with van der Waals surface area (Å²) in [6, 6.07) is 8.43. The van der Waals surface area contributed by atoms with Gasteiger partial charge in [-0.1, -0.05) is 12.1 Å². The van der Waals surface area contributed by atoms with Crippen LogP contribution in [0.15, 0.2) is 42.5 Å². The Hall–Kier alpha value is -3.49. The quantitative estimate of drug-likeness (QED) is 0.534. The van der Waals surface area contributed by atoms with Gasteiger partial charge in [0, 0.05) is 42.0 Å². The molecule has 0 aromatic heterocycles. The fourth-order valence-electron chi connectivity index (χ4n) is 4.17. The molecule has 0 bridgehead atoms. The first-order valence-electron chi connectivity index (χ1n) is 11.0. The molecule has 0 atom stereocenters. The van der Waals surface area contributed by atoms with Gasteiger partial charge in [-0.25, -0.2) is 4.79 Å². The lowest BCUT2D eigenvalue weighted by molar-refractivity contribution is -0.137. The Labute approximate surface area is 195 Å². The number of amides is 3. The fraction of sp³-hybridized carbons (Fsp3) is 0.360. The van der Waals surface area contributed by atoms with Gasteiger partial charge in [0.25, 0.3) is 0 Å². The van der Waals surface area contributed by atoms with Gasteiger partial charge in [0.15, 0.2) is 0 Å². The molecule has 4 rings (SSSR count). The summed E-state index contributed by atoms with van der Waals surface area (Å²) in [6.07, 6.45) is -2.76. The van der Waals surface area contributed by atoms with Crippen LogP contribution in [0.2, 0.25) is 0 Å². The van der Waals surface area contributed by atoms with Crippen LogP contribution in [0.25, 0.3) is 5.57 Å². The van der Waals surface area contributed by atoms with Crippen LogP contribution >= 0.6 is 0 Å². The minimum atomic E-state index is -4.49. The highest BCUT2D eigenvalue weighted by Crippen LogP contribution is 2.43. The Balaban J connectivity index is 1.57. The third-order valence-electron chi connectivity index (χ3n) is 5.81. The topological polar surface area (TPSA) is 70.7 Å². The Bertz CT molecular complexity index is 1190. The number of carbonyl (C=O) groups excluding carboxylic acids is 2. The highest BCUT2D eigenvalue weighted by molar-refractivity contribution is 6.05. The van der Waals surface area contributed by atoms with Crippen molar-refractivity contribution >= 4 is 28.9 Å². The molecule has 0 saturated carbocycles. The first-order valence-corrected chi connectivity index (χ1v) is 11.0. The van der Waals surface area contributed by atoms with E-state index in [1.54, 1.807) is 30.9 Å². The second-order valence-corrected chi connectivity index (χ2v) is 9.43. The highest BCUT2D eigenvalue weighted by Gasteiger charge is 2.35. The van der Waals surface area contributed by atoms with Crippen LogP contribution in [0.5, 0.6) is 5.75 Å². The summed E-state index contributed by atoms with van der Waals surface area (Å²) in [7, 11) is 0. The number of anilines is 2. The van der Waals surface area contributed by atoms with Crippen molar-refractivity contribution in [3.8, 4) is 5.75 Å². The van der Waals surface area contributed by atoms with Gasteiger partial charge in [-0.2, -0.15) is 13.2 Å². The molecule has 34 heavy (non-hydrogen) atoms. The first-order chi connectivity index (χ1) is 15.8. The summed E-state index contributed by atoms with van der Waals surface area (Å²) in [5, 5.41) is 5.62. The predicted octanol–water partition coefficient (Wildman–Crippen LogP) is 6.04. The number of alkyl halides is 3. The zero-order valence-corrected chi connectivity index (χ0v) is 19.3. The minimum Gasteiger partial charge on any atom is -0.487 e. The van der Waals surface area contributed by atoms with Crippen molar-refractivity contribution in [2.24, 2.45) is 0 Å². The van der Waals surface area contributed by atoms with Crippen LogP contribution in [0, 0.1) is 0 Å². The lowest BCUT2D eigenvalue weighted by atomic mass is 9.88. The number of ether oxygens (including phenoxy) is 1. The van der Waals surface area contributed by atoms with Crippen LogP contribution in [0.4, 0.5) is 29.3 Å². The van der Waals surface area contributed by atoms with E-state index in [1.165, 1.54) is 12.1 Å². The molecule has 0 radical (unpaired) electrons. The van der Waals surface area contributed by atoms with E-state index < -0.39 is 23.2 Å². The Morgan fingerprint density at radius 1 is 1.21 bits per heavy atom. The molecule has 180 valence electrons. The van der Waals surface area contributed by atoms with Crippen LogP contribution in [-0.2, 0) is 17.5 Å². The van der Waals surface area contributed by atoms with Gasteiger partial charge in [0.05, 0.1) is 5.56 Å². The van der Waals surface area contributed by atoms with E-state index >= 15 is 0 Å². The number of benzene rings is 2. The maximum Gasteiger partial charge on any atom is 0.416 e.